The number of hydrogen-bond donors (Lipinski definition) is 1. The van der Waals surface area contributed by atoms with E-state index in [2.05, 4.69) is 0 Å². The third-order valence-electron chi connectivity index (χ3n) is 3.09. The zero-order valence-electron chi connectivity index (χ0n) is 9.77. The Morgan fingerprint density at radius 2 is 1.59 bits per heavy atom. The van der Waals surface area contributed by atoms with E-state index in [1.165, 1.54) is 11.4 Å². The van der Waals surface area contributed by atoms with Crippen LogP contribution in [0.2, 0.25) is 0 Å². The molecule has 1 N–H and O–H groups in total. The van der Waals surface area contributed by atoms with Crippen LogP contribution in [0.4, 0.5) is 0 Å². The lowest BCUT2D eigenvalue weighted by molar-refractivity contribution is -0.136. The Morgan fingerprint density at radius 3 is 2.12 bits per heavy atom. The van der Waals surface area contributed by atoms with Crippen molar-refractivity contribution in [2.45, 2.75) is 27.2 Å². The van der Waals surface area contributed by atoms with Crippen molar-refractivity contribution in [2.24, 2.45) is 0 Å². The summed E-state index contributed by atoms with van der Waals surface area (Å²) in [7, 11) is 0. The van der Waals surface area contributed by atoms with Crippen LogP contribution in [-0.2, 0) is 11.2 Å². The normalized spacial score (nSPS) is 11.2. The highest BCUT2D eigenvalue weighted by atomic mass is 16.4. The first-order valence-electron chi connectivity index (χ1n) is 5.14. The van der Waals surface area contributed by atoms with E-state index in [0.717, 1.165) is 4.52 Å². The first kappa shape index (κ1) is 11.4. The zero-order chi connectivity index (χ0) is 12.9. The Labute approximate surface area is 96.1 Å². The molecular weight excluding hydrogens is 224 g/mol. The largest absolute Gasteiger partial charge is 0.481 e. The van der Waals surface area contributed by atoms with Gasteiger partial charge in [-0.25, -0.2) is 0 Å². The fraction of sp³-hybridized carbons (Fsp3) is 0.364. The highest BCUT2D eigenvalue weighted by Crippen LogP contribution is 2.10. The van der Waals surface area contributed by atoms with Gasteiger partial charge in [-0.15, -0.1) is 0 Å². The molecule has 0 radical (unpaired) electrons. The van der Waals surface area contributed by atoms with Crippen molar-refractivity contribution in [3.63, 3.8) is 0 Å². The Balaban J connectivity index is 2.98. The van der Waals surface area contributed by atoms with Crippen LogP contribution in [0.15, 0.2) is 9.59 Å². The molecule has 0 amide bonds. The second-order valence-electron chi connectivity index (χ2n) is 4.09. The fourth-order valence-electron chi connectivity index (χ4n) is 2.01. The number of hydrogen-bond acceptors (Lipinski definition) is 3. The summed E-state index contributed by atoms with van der Waals surface area (Å²) in [6.07, 6.45) is -0.272. The lowest BCUT2D eigenvalue weighted by atomic mass is 10.2. The van der Waals surface area contributed by atoms with E-state index in [1.807, 2.05) is 0 Å². The number of aliphatic carboxylic acids is 1. The Kier molecular flexibility index (Phi) is 2.30. The van der Waals surface area contributed by atoms with Gasteiger partial charge in [0.05, 0.1) is 12.1 Å². The smallest absolute Gasteiger partial charge is 0.309 e. The van der Waals surface area contributed by atoms with Crippen LogP contribution in [0, 0.1) is 20.8 Å². The molecule has 0 spiro atoms. The van der Waals surface area contributed by atoms with E-state index < -0.39 is 11.5 Å². The van der Waals surface area contributed by atoms with Crippen molar-refractivity contribution >= 4 is 5.97 Å². The van der Waals surface area contributed by atoms with E-state index in [0.29, 0.717) is 22.5 Å². The molecule has 0 aromatic carbocycles. The van der Waals surface area contributed by atoms with Crippen molar-refractivity contribution in [1.29, 1.82) is 0 Å². The quantitative estimate of drug-likeness (QED) is 0.779. The van der Waals surface area contributed by atoms with E-state index in [-0.39, 0.29) is 12.0 Å². The summed E-state index contributed by atoms with van der Waals surface area (Å²) in [5, 5.41) is 8.82. The van der Waals surface area contributed by atoms with Gasteiger partial charge in [-0.3, -0.25) is 18.9 Å². The molecule has 0 fully saturated rings. The molecule has 0 aliphatic carbocycles. The second-order valence-corrected chi connectivity index (χ2v) is 4.09. The van der Waals surface area contributed by atoms with Crippen LogP contribution in [0.1, 0.15) is 22.5 Å². The molecule has 17 heavy (non-hydrogen) atoms. The minimum absolute atomic E-state index is 0.272. The predicted octanol–water partition coefficient (Wildman–Crippen LogP) is -0.251. The van der Waals surface area contributed by atoms with Gasteiger partial charge in [-0.1, -0.05) is 0 Å². The monoisotopic (exact) mass is 236 g/mol. The SMILES string of the molecule is Cc1c(C)n2c(CC(=O)O)c(C)c(=O)n2c1=O. The molecular formula is C11H12N2O4. The number of fused-ring (bicyclic) bond motifs is 1. The molecule has 2 heterocycles. The lowest BCUT2D eigenvalue weighted by Gasteiger charge is -1.99. The molecule has 90 valence electrons. The number of aromatic nitrogens is 2. The average molecular weight is 236 g/mol. The summed E-state index contributed by atoms with van der Waals surface area (Å²) in [5.41, 5.74) is 0.928. The topological polar surface area (TPSA) is 80.3 Å². The standard InChI is InChI=1S/C11H12N2O4/c1-5-7(3)12-8(4-9(14)15)6(2)11(17)13(12)10(5)16/h4H2,1-3H3,(H,14,15). The molecule has 0 saturated carbocycles. The van der Waals surface area contributed by atoms with Crippen LogP contribution in [0.3, 0.4) is 0 Å². The summed E-state index contributed by atoms with van der Waals surface area (Å²) in [5.74, 6) is -1.03. The van der Waals surface area contributed by atoms with Gasteiger partial charge in [0.15, 0.2) is 0 Å². The summed E-state index contributed by atoms with van der Waals surface area (Å²) >= 11 is 0. The van der Waals surface area contributed by atoms with Crippen molar-refractivity contribution < 1.29 is 9.90 Å². The number of carboxylic acid groups (broad SMARTS) is 1. The second kappa shape index (κ2) is 3.44. The fourth-order valence-corrected chi connectivity index (χ4v) is 2.01. The van der Waals surface area contributed by atoms with Crippen molar-refractivity contribution in [3.8, 4) is 0 Å². The summed E-state index contributed by atoms with van der Waals surface area (Å²) in [4.78, 5) is 34.5. The zero-order valence-corrected chi connectivity index (χ0v) is 9.77. The molecule has 0 atom stereocenters. The highest BCUT2D eigenvalue weighted by molar-refractivity contribution is 5.70. The number of carboxylic acids is 1. The van der Waals surface area contributed by atoms with Crippen LogP contribution in [0.25, 0.3) is 0 Å². The highest BCUT2D eigenvalue weighted by Gasteiger charge is 2.21. The molecule has 6 heteroatoms. The molecule has 6 nitrogen and oxygen atoms in total. The molecule has 2 aromatic rings. The third-order valence-corrected chi connectivity index (χ3v) is 3.09. The Bertz CT molecular complexity index is 723. The summed E-state index contributed by atoms with van der Waals surface area (Å²) in [6, 6.07) is 0. The summed E-state index contributed by atoms with van der Waals surface area (Å²) in [6.45, 7) is 4.85. The van der Waals surface area contributed by atoms with Gasteiger partial charge < -0.3 is 5.11 Å². The van der Waals surface area contributed by atoms with Crippen molar-refractivity contribution in [2.75, 3.05) is 0 Å². The maximum Gasteiger partial charge on any atom is 0.309 e. The Hall–Kier alpha value is -2.11. The van der Waals surface area contributed by atoms with E-state index in [4.69, 9.17) is 5.11 Å². The van der Waals surface area contributed by atoms with E-state index in [9.17, 15) is 14.4 Å². The Morgan fingerprint density at radius 1 is 1.06 bits per heavy atom. The molecule has 0 saturated heterocycles. The third kappa shape index (κ3) is 1.37. The maximum absolute atomic E-state index is 11.9. The number of nitrogens with zero attached hydrogens (tertiary/aromatic N) is 2. The van der Waals surface area contributed by atoms with Crippen molar-refractivity contribution in [1.82, 2.24) is 9.03 Å². The van der Waals surface area contributed by atoms with Gasteiger partial charge in [0.25, 0.3) is 11.1 Å². The molecule has 0 aliphatic heterocycles. The van der Waals surface area contributed by atoms with E-state index >= 15 is 0 Å². The molecule has 2 aromatic heterocycles. The molecule has 0 unspecified atom stereocenters. The average Bonchev–Trinajstić information content (AvgIpc) is 2.62. The van der Waals surface area contributed by atoms with Gasteiger partial charge in [-0.05, 0) is 20.8 Å². The molecule has 0 bridgehead atoms. The first-order valence-corrected chi connectivity index (χ1v) is 5.14. The van der Waals surface area contributed by atoms with Crippen LogP contribution < -0.4 is 11.1 Å². The van der Waals surface area contributed by atoms with Gasteiger partial charge in [-0.2, -0.15) is 4.52 Å². The number of aryl methyl sites for hydroxylation is 1. The van der Waals surface area contributed by atoms with Gasteiger partial charge in [0, 0.05) is 16.8 Å². The first-order chi connectivity index (χ1) is 7.86. The minimum atomic E-state index is -1.03. The van der Waals surface area contributed by atoms with Gasteiger partial charge in [0.2, 0.25) is 0 Å². The van der Waals surface area contributed by atoms with Crippen LogP contribution in [-0.4, -0.2) is 20.1 Å². The van der Waals surface area contributed by atoms with Gasteiger partial charge in [0.1, 0.15) is 0 Å². The number of carbonyl (C=O) groups is 1. The van der Waals surface area contributed by atoms with Crippen LogP contribution in [0.5, 0.6) is 0 Å². The molecule has 0 aliphatic rings. The minimum Gasteiger partial charge on any atom is -0.481 e. The van der Waals surface area contributed by atoms with E-state index in [1.54, 1.807) is 13.8 Å². The maximum atomic E-state index is 11.9. The summed E-state index contributed by atoms with van der Waals surface area (Å²) < 4.78 is 2.40. The number of rotatable bonds is 2. The lowest BCUT2D eigenvalue weighted by Crippen LogP contribution is -2.23. The van der Waals surface area contributed by atoms with Crippen molar-refractivity contribution in [3.05, 3.63) is 43.2 Å². The van der Waals surface area contributed by atoms with Crippen LogP contribution >= 0.6 is 0 Å². The predicted molar refractivity (Wildman–Crippen MR) is 60.1 cm³/mol. The van der Waals surface area contributed by atoms with Gasteiger partial charge >= 0.3 is 5.97 Å². The molecule has 2 rings (SSSR count).